The molecular weight excluding hydrogens is 324 g/mol. The number of nitro benzene ring substituents is 1. The zero-order chi connectivity index (χ0) is 17.8. The fourth-order valence-electron chi connectivity index (χ4n) is 2.40. The number of carbonyl (C=O) groups is 1. The average molecular weight is 338 g/mol. The number of nitrogens with zero attached hydrogens (tertiary/aromatic N) is 2. The third-order valence-electron chi connectivity index (χ3n) is 3.62. The lowest BCUT2D eigenvalue weighted by atomic mass is 10.1. The average Bonchev–Trinajstić information content (AvgIpc) is 3.09. The van der Waals surface area contributed by atoms with E-state index < -0.39 is 10.9 Å². The molecule has 0 aliphatic heterocycles. The lowest BCUT2D eigenvalue weighted by Crippen LogP contribution is -2.10. The van der Waals surface area contributed by atoms with Crippen LogP contribution in [0.1, 0.15) is 21.6 Å². The Balaban J connectivity index is 1.74. The lowest BCUT2D eigenvalue weighted by molar-refractivity contribution is -0.385. The molecule has 0 aliphatic carbocycles. The first-order chi connectivity index (χ1) is 12.1. The maximum Gasteiger partial charge on any atom is 0.345 e. The molecular formula is C18H14N2O5. The van der Waals surface area contributed by atoms with Crippen molar-refractivity contribution >= 4 is 11.7 Å². The van der Waals surface area contributed by atoms with Gasteiger partial charge in [0.2, 0.25) is 0 Å². The largest absolute Gasteiger partial charge is 0.455 e. The van der Waals surface area contributed by atoms with Gasteiger partial charge in [0.05, 0.1) is 4.92 Å². The van der Waals surface area contributed by atoms with Crippen molar-refractivity contribution in [3.8, 4) is 11.3 Å². The van der Waals surface area contributed by atoms with Crippen LogP contribution < -0.4 is 0 Å². The summed E-state index contributed by atoms with van der Waals surface area (Å²) in [6.07, 6.45) is 0. The maximum atomic E-state index is 12.3. The molecule has 0 saturated heterocycles. The van der Waals surface area contributed by atoms with Crippen molar-refractivity contribution in [3.63, 3.8) is 0 Å². The number of hydrogen-bond acceptors (Lipinski definition) is 6. The number of nitro groups is 1. The molecule has 0 unspecified atom stereocenters. The Labute approximate surface area is 143 Å². The van der Waals surface area contributed by atoms with Gasteiger partial charge in [0, 0.05) is 17.7 Å². The first kappa shape index (κ1) is 16.4. The smallest absolute Gasteiger partial charge is 0.345 e. The molecule has 7 nitrogen and oxygen atoms in total. The molecule has 0 fully saturated rings. The van der Waals surface area contributed by atoms with Crippen molar-refractivity contribution in [2.45, 2.75) is 13.5 Å². The van der Waals surface area contributed by atoms with Gasteiger partial charge in [-0.05, 0) is 12.5 Å². The van der Waals surface area contributed by atoms with Crippen molar-refractivity contribution in [2.24, 2.45) is 0 Å². The number of carbonyl (C=O) groups excluding carboxylic acids is 1. The molecule has 3 aromatic rings. The molecule has 0 aliphatic rings. The second-order valence-corrected chi connectivity index (χ2v) is 5.35. The molecule has 2 aromatic carbocycles. The summed E-state index contributed by atoms with van der Waals surface area (Å²) in [7, 11) is 0. The van der Waals surface area contributed by atoms with Gasteiger partial charge < -0.3 is 9.26 Å². The van der Waals surface area contributed by atoms with Gasteiger partial charge in [0.15, 0.2) is 5.76 Å². The van der Waals surface area contributed by atoms with Crippen LogP contribution in [0.4, 0.5) is 5.69 Å². The molecule has 0 spiro atoms. The summed E-state index contributed by atoms with van der Waals surface area (Å²) in [5.74, 6) is -0.220. The van der Waals surface area contributed by atoms with Crippen LogP contribution in [-0.2, 0) is 11.3 Å². The molecule has 0 radical (unpaired) electrons. The SMILES string of the molecule is Cc1cccc([N+](=O)[O-])c1C(=O)OCc1cc(-c2ccccc2)on1. The first-order valence-corrected chi connectivity index (χ1v) is 7.48. The van der Waals surface area contributed by atoms with Gasteiger partial charge in [0.1, 0.15) is 17.9 Å². The number of aryl methyl sites for hydroxylation is 1. The monoisotopic (exact) mass is 338 g/mol. The van der Waals surface area contributed by atoms with Crippen LogP contribution in [0.3, 0.4) is 0 Å². The molecule has 0 bridgehead atoms. The molecule has 126 valence electrons. The number of hydrogen-bond donors (Lipinski definition) is 0. The van der Waals surface area contributed by atoms with Gasteiger partial charge in [-0.25, -0.2) is 4.79 Å². The lowest BCUT2D eigenvalue weighted by Gasteiger charge is -2.06. The van der Waals surface area contributed by atoms with E-state index in [0.717, 1.165) is 5.56 Å². The molecule has 0 N–H and O–H groups in total. The highest BCUT2D eigenvalue weighted by Crippen LogP contribution is 2.24. The van der Waals surface area contributed by atoms with E-state index in [1.54, 1.807) is 19.1 Å². The number of rotatable bonds is 5. The van der Waals surface area contributed by atoms with E-state index in [-0.39, 0.29) is 17.9 Å². The van der Waals surface area contributed by atoms with E-state index >= 15 is 0 Å². The number of benzene rings is 2. The number of aromatic nitrogens is 1. The van der Waals surface area contributed by atoms with E-state index in [4.69, 9.17) is 9.26 Å². The van der Waals surface area contributed by atoms with Crippen LogP contribution in [0.15, 0.2) is 59.1 Å². The summed E-state index contributed by atoms with van der Waals surface area (Å²) in [6, 6.07) is 15.4. The third kappa shape index (κ3) is 3.55. The van der Waals surface area contributed by atoms with Crippen LogP contribution in [-0.4, -0.2) is 16.0 Å². The minimum Gasteiger partial charge on any atom is -0.455 e. The zero-order valence-corrected chi connectivity index (χ0v) is 13.3. The standard InChI is InChI=1S/C18H14N2O5/c1-12-6-5-9-15(20(22)23)17(12)18(21)24-11-14-10-16(25-19-14)13-7-3-2-4-8-13/h2-10H,11H2,1H3. The highest BCUT2D eigenvalue weighted by Gasteiger charge is 2.23. The fraction of sp³-hybridized carbons (Fsp3) is 0.111. The summed E-state index contributed by atoms with van der Waals surface area (Å²) >= 11 is 0. The Morgan fingerprint density at radius 2 is 1.96 bits per heavy atom. The van der Waals surface area contributed by atoms with E-state index in [2.05, 4.69) is 5.16 Å². The third-order valence-corrected chi connectivity index (χ3v) is 3.62. The summed E-state index contributed by atoms with van der Waals surface area (Å²) in [5.41, 5.74) is 1.41. The second-order valence-electron chi connectivity index (χ2n) is 5.35. The van der Waals surface area contributed by atoms with Gasteiger partial charge in [-0.3, -0.25) is 10.1 Å². The summed E-state index contributed by atoms with van der Waals surface area (Å²) in [6.45, 7) is 1.48. The van der Waals surface area contributed by atoms with Gasteiger partial charge in [-0.15, -0.1) is 0 Å². The Morgan fingerprint density at radius 3 is 2.68 bits per heavy atom. The Kier molecular flexibility index (Phi) is 4.56. The van der Waals surface area contributed by atoms with Crippen LogP contribution in [0.5, 0.6) is 0 Å². The summed E-state index contributed by atoms with van der Waals surface area (Å²) in [5, 5.41) is 14.9. The van der Waals surface area contributed by atoms with Crippen molar-refractivity contribution < 1.29 is 19.0 Å². The molecule has 3 rings (SSSR count). The van der Waals surface area contributed by atoms with E-state index in [1.807, 2.05) is 30.3 Å². The van der Waals surface area contributed by atoms with Gasteiger partial charge in [-0.1, -0.05) is 47.6 Å². The Bertz CT molecular complexity index is 918. The highest BCUT2D eigenvalue weighted by molar-refractivity contribution is 5.95. The van der Waals surface area contributed by atoms with Crippen molar-refractivity contribution in [1.82, 2.24) is 5.16 Å². The van der Waals surface area contributed by atoms with Crippen molar-refractivity contribution in [1.29, 1.82) is 0 Å². The van der Waals surface area contributed by atoms with Gasteiger partial charge in [0.25, 0.3) is 5.69 Å². The maximum absolute atomic E-state index is 12.3. The normalized spacial score (nSPS) is 10.4. The minimum absolute atomic E-state index is 0.0562. The number of ether oxygens (including phenoxy) is 1. The topological polar surface area (TPSA) is 95.5 Å². The molecule has 0 saturated carbocycles. The molecule has 1 aromatic heterocycles. The molecule has 0 atom stereocenters. The van der Waals surface area contributed by atoms with Crippen LogP contribution >= 0.6 is 0 Å². The van der Waals surface area contributed by atoms with Crippen LogP contribution in [0.25, 0.3) is 11.3 Å². The number of esters is 1. The van der Waals surface area contributed by atoms with E-state index in [9.17, 15) is 14.9 Å². The minimum atomic E-state index is -0.769. The highest BCUT2D eigenvalue weighted by atomic mass is 16.6. The first-order valence-electron chi connectivity index (χ1n) is 7.48. The predicted molar refractivity (Wildman–Crippen MR) is 88.9 cm³/mol. The molecule has 25 heavy (non-hydrogen) atoms. The van der Waals surface area contributed by atoms with Crippen LogP contribution in [0.2, 0.25) is 0 Å². The van der Waals surface area contributed by atoms with Crippen LogP contribution in [0, 0.1) is 17.0 Å². The van der Waals surface area contributed by atoms with Crippen molar-refractivity contribution in [2.75, 3.05) is 0 Å². The molecule has 0 amide bonds. The van der Waals surface area contributed by atoms with Crippen molar-refractivity contribution in [3.05, 3.63) is 81.5 Å². The zero-order valence-electron chi connectivity index (χ0n) is 13.3. The quantitative estimate of drug-likeness (QED) is 0.397. The van der Waals surface area contributed by atoms with Gasteiger partial charge in [-0.2, -0.15) is 0 Å². The Morgan fingerprint density at radius 1 is 1.20 bits per heavy atom. The van der Waals surface area contributed by atoms with E-state index in [0.29, 0.717) is 17.0 Å². The second kappa shape index (κ2) is 6.96. The summed E-state index contributed by atoms with van der Waals surface area (Å²) < 4.78 is 10.4. The molecule has 7 heteroatoms. The summed E-state index contributed by atoms with van der Waals surface area (Å²) in [4.78, 5) is 22.7. The Hall–Kier alpha value is -3.48. The predicted octanol–water partition coefficient (Wildman–Crippen LogP) is 3.92. The fourth-order valence-corrected chi connectivity index (χ4v) is 2.40. The van der Waals surface area contributed by atoms with E-state index in [1.165, 1.54) is 12.1 Å². The van der Waals surface area contributed by atoms with Gasteiger partial charge >= 0.3 is 5.97 Å². The molecule has 1 heterocycles.